The number of aromatic nitrogens is 3. The van der Waals surface area contributed by atoms with Gasteiger partial charge < -0.3 is 4.42 Å². The fraction of sp³-hybridized carbons (Fsp3) is 0.0588. The third-order valence-electron chi connectivity index (χ3n) is 3.62. The first-order chi connectivity index (χ1) is 12.9. The van der Waals surface area contributed by atoms with Gasteiger partial charge in [-0.2, -0.15) is 9.78 Å². The fourth-order valence-electron chi connectivity index (χ4n) is 2.45. The van der Waals surface area contributed by atoms with Crippen LogP contribution in [0.4, 0.5) is 10.2 Å². The average molecular weight is 404 g/mol. The SMILES string of the molecule is Cc1cc(NS(=O)(=O)c2cccc(F)c2)n(-c2nc(-c3ccco3)cs2)n1. The summed E-state index contributed by atoms with van der Waals surface area (Å²) in [6.45, 7) is 1.73. The highest BCUT2D eigenvalue weighted by atomic mass is 32.2. The molecule has 0 saturated carbocycles. The monoisotopic (exact) mass is 404 g/mol. The van der Waals surface area contributed by atoms with Crippen molar-refractivity contribution in [2.75, 3.05) is 4.72 Å². The number of sulfonamides is 1. The quantitative estimate of drug-likeness (QED) is 0.546. The van der Waals surface area contributed by atoms with Crippen LogP contribution in [-0.2, 0) is 10.0 Å². The summed E-state index contributed by atoms with van der Waals surface area (Å²) in [4.78, 5) is 4.27. The van der Waals surface area contributed by atoms with Gasteiger partial charge in [-0.3, -0.25) is 4.72 Å². The number of nitrogens with zero attached hydrogens (tertiary/aromatic N) is 3. The lowest BCUT2D eigenvalue weighted by Crippen LogP contribution is -2.16. The summed E-state index contributed by atoms with van der Waals surface area (Å²) in [5, 5.41) is 6.56. The van der Waals surface area contributed by atoms with Crippen LogP contribution < -0.4 is 4.72 Å². The van der Waals surface area contributed by atoms with Gasteiger partial charge in [-0.1, -0.05) is 6.07 Å². The molecule has 0 unspecified atom stereocenters. The molecule has 4 aromatic rings. The smallest absolute Gasteiger partial charge is 0.263 e. The van der Waals surface area contributed by atoms with Crippen LogP contribution >= 0.6 is 11.3 Å². The van der Waals surface area contributed by atoms with Crippen LogP contribution in [0.15, 0.2) is 63.4 Å². The van der Waals surface area contributed by atoms with Crippen molar-refractivity contribution in [3.05, 3.63) is 65.6 Å². The van der Waals surface area contributed by atoms with E-state index in [1.807, 2.05) is 0 Å². The van der Waals surface area contributed by atoms with Gasteiger partial charge in [-0.05, 0) is 37.3 Å². The Balaban J connectivity index is 1.70. The molecule has 0 radical (unpaired) electrons. The molecular formula is C17H13FN4O3S2. The van der Waals surface area contributed by atoms with Crippen LogP contribution in [0.5, 0.6) is 0 Å². The molecule has 7 nitrogen and oxygen atoms in total. The average Bonchev–Trinajstić information content (AvgIpc) is 3.34. The Morgan fingerprint density at radius 2 is 2.07 bits per heavy atom. The van der Waals surface area contributed by atoms with E-state index in [4.69, 9.17) is 4.42 Å². The highest BCUT2D eigenvalue weighted by molar-refractivity contribution is 7.92. The third-order valence-corrected chi connectivity index (χ3v) is 5.79. The van der Waals surface area contributed by atoms with Crippen LogP contribution in [0.1, 0.15) is 5.69 Å². The van der Waals surface area contributed by atoms with Crippen molar-refractivity contribution in [1.82, 2.24) is 14.8 Å². The summed E-state index contributed by atoms with van der Waals surface area (Å²) in [5.74, 6) is 0.172. The van der Waals surface area contributed by atoms with Gasteiger partial charge in [0.15, 0.2) is 5.76 Å². The zero-order chi connectivity index (χ0) is 19.0. The molecule has 3 heterocycles. The standard InChI is InChI=1S/C17H13FN4O3S2/c1-11-8-16(21-27(23,24)13-5-2-4-12(18)9-13)22(20-11)17-19-14(10-26-17)15-6-3-7-25-15/h2-10,21H,1H3. The number of benzene rings is 1. The Kier molecular flexibility index (Phi) is 4.28. The molecule has 0 saturated heterocycles. The summed E-state index contributed by atoms with van der Waals surface area (Å²) in [6, 6.07) is 9.89. The van der Waals surface area contributed by atoms with Crippen molar-refractivity contribution in [3.63, 3.8) is 0 Å². The second-order valence-electron chi connectivity index (χ2n) is 5.64. The Bertz CT molecular complexity index is 1200. The molecule has 27 heavy (non-hydrogen) atoms. The molecular weight excluding hydrogens is 391 g/mol. The van der Waals surface area contributed by atoms with Crippen LogP contribution in [-0.4, -0.2) is 23.2 Å². The maximum atomic E-state index is 13.4. The molecule has 0 aliphatic rings. The number of aryl methyl sites for hydroxylation is 1. The molecule has 0 atom stereocenters. The Morgan fingerprint density at radius 3 is 2.81 bits per heavy atom. The number of rotatable bonds is 5. The first kappa shape index (κ1) is 17.4. The molecule has 4 rings (SSSR count). The largest absolute Gasteiger partial charge is 0.463 e. The number of furan rings is 1. The Hall–Kier alpha value is -2.98. The van der Waals surface area contributed by atoms with E-state index in [2.05, 4.69) is 14.8 Å². The maximum Gasteiger partial charge on any atom is 0.263 e. The van der Waals surface area contributed by atoms with Crippen molar-refractivity contribution in [2.45, 2.75) is 11.8 Å². The van der Waals surface area contributed by atoms with Gasteiger partial charge >= 0.3 is 0 Å². The molecule has 10 heteroatoms. The van der Waals surface area contributed by atoms with Crippen molar-refractivity contribution < 1.29 is 17.2 Å². The zero-order valence-electron chi connectivity index (χ0n) is 14.0. The van der Waals surface area contributed by atoms with E-state index in [0.29, 0.717) is 22.3 Å². The Morgan fingerprint density at radius 1 is 1.22 bits per heavy atom. The third kappa shape index (κ3) is 3.49. The van der Waals surface area contributed by atoms with Crippen molar-refractivity contribution in [2.24, 2.45) is 0 Å². The van der Waals surface area contributed by atoms with E-state index in [9.17, 15) is 12.8 Å². The molecule has 0 amide bonds. The number of anilines is 1. The predicted octanol–water partition coefficient (Wildman–Crippen LogP) is 3.84. The number of thiazole rings is 1. The number of halogens is 1. The minimum atomic E-state index is -3.98. The van der Waals surface area contributed by atoms with Gasteiger partial charge in [0.25, 0.3) is 10.0 Å². The van der Waals surface area contributed by atoms with E-state index in [0.717, 1.165) is 6.07 Å². The highest BCUT2D eigenvalue weighted by Crippen LogP contribution is 2.27. The fourth-order valence-corrected chi connectivity index (χ4v) is 4.29. The van der Waals surface area contributed by atoms with E-state index < -0.39 is 15.8 Å². The topological polar surface area (TPSA) is 90.0 Å². The number of hydrogen-bond donors (Lipinski definition) is 1. The minimum Gasteiger partial charge on any atom is -0.463 e. The van der Waals surface area contributed by atoms with Gasteiger partial charge in [0.2, 0.25) is 5.13 Å². The second kappa shape index (κ2) is 6.63. The molecule has 0 aliphatic carbocycles. The van der Waals surface area contributed by atoms with Gasteiger partial charge in [0.1, 0.15) is 17.3 Å². The zero-order valence-corrected chi connectivity index (χ0v) is 15.6. The van der Waals surface area contributed by atoms with Crippen LogP contribution in [0.2, 0.25) is 0 Å². The Labute approximate surface area is 158 Å². The van der Waals surface area contributed by atoms with E-state index in [-0.39, 0.29) is 10.7 Å². The van der Waals surface area contributed by atoms with Crippen molar-refractivity contribution >= 4 is 27.2 Å². The van der Waals surface area contributed by atoms with Crippen LogP contribution in [0.25, 0.3) is 16.6 Å². The first-order valence-electron chi connectivity index (χ1n) is 7.77. The summed E-state index contributed by atoms with van der Waals surface area (Å²) < 4.78 is 47.7. The summed E-state index contributed by atoms with van der Waals surface area (Å²) in [6.07, 6.45) is 1.55. The molecule has 138 valence electrons. The lowest BCUT2D eigenvalue weighted by atomic mass is 10.4. The van der Waals surface area contributed by atoms with E-state index in [1.54, 1.807) is 36.8 Å². The molecule has 1 N–H and O–H groups in total. The molecule has 0 spiro atoms. The molecule has 0 aliphatic heterocycles. The molecule has 1 aromatic carbocycles. The summed E-state index contributed by atoms with van der Waals surface area (Å²) in [5.41, 5.74) is 1.22. The number of hydrogen-bond acceptors (Lipinski definition) is 6. The van der Waals surface area contributed by atoms with Crippen molar-refractivity contribution in [1.29, 1.82) is 0 Å². The maximum absolute atomic E-state index is 13.4. The lowest BCUT2D eigenvalue weighted by molar-refractivity contribution is 0.580. The lowest BCUT2D eigenvalue weighted by Gasteiger charge is -2.09. The second-order valence-corrected chi connectivity index (χ2v) is 8.16. The normalized spacial score (nSPS) is 11.6. The van der Waals surface area contributed by atoms with Gasteiger partial charge in [-0.25, -0.2) is 17.8 Å². The van der Waals surface area contributed by atoms with Crippen LogP contribution in [0.3, 0.4) is 0 Å². The first-order valence-corrected chi connectivity index (χ1v) is 10.1. The van der Waals surface area contributed by atoms with Gasteiger partial charge in [-0.15, -0.1) is 11.3 Å². The van der Waals surface area contributed by atoms with E-state index in [1.165, 1.54) is 34.2 Å². The van der Waals surface area contributed by atoms with Crippen LogP contribution in [0, 0.1) is 12.7 Å². The molecule has 0 fully saturated rings. The van der Waals surface area contributed by atoms with Gasteiger partial charge in [0, 0.05) is 11.4 Å². The summed E-state index contributed by atoms with van der Waals surface area (Å²) in [7, 11) is -3.98. The van der Waals surface area contributed by atoms with Crippen molar-refractivity contribution in [3.8, 4) is 16.6 Å². The minimum absolute atomic E-state index is 0.177. The number of nitrogens with one attached hydrogen (secondary N) is 1. The molecule has 0 bridgehead atoms. The predicted molar refractivity (Wildman–Crippen MR) is 98.9 cm³/mol. The highest BCUT2D eigenvalue weighted by Gasteiger charge is 2.20. The molecule has 3 aromatic heterocycles. The summed E-state index contributed by atoms with van der Waals surface area (Å²) >= 11 is 1.29. The van der Waals surface area contributed by atoms with E-state index >= 15 is 0 Å². The van der Waals surface area contributed by atoms with Gasteiger partial charge in [0.05, 0.1) is 16.9 Å².